The summed E-state index contributed by atoms with van der Waals surface area (Å²) in [6.07, 6.45) is 16.7. The number of aromatic nitrogens is 4. The normalized spacial score (nSPS) is 14.4. The van der Waals surface area contributed by atoms with Crippen LogP contribution >= 0.6 is 23.2 Å². The average molecular weight is 634 g/mol. The zero-order valence-electron chi connectivity index (χ0n) is 24.9. The molecular weight excluding hydrogens is 599 g/mol. The van der Waals surface area contributed by atoms with Crippen molar-refractivity contribution in [3.63, 3.8) is 0 Å². The molecule has 3 aromatic heterocycles. The number of pyridine rings is 2. The molecule has 0 radical (unpaired) electrons. The molecule has 228 valence electrons. The molecule has 1 aliphatic carbocycles. The Bertz CT molecular complexity index is 1730. The third-order valence-electron chi connectivity index (χ3n) is 7.58. The van der Waals surface area contributed by atoms with E-state index in [1.165, 1.54) is 38.0 Å². The summed E-state index contributed by atoms with van der Waals surface area (Å²) < 4.78 is 18.5. The highest BCUT2D eigenvalue weighted by molar-refractivity contribution is 6.32. The largest absolute Gasteiger partial charge is 0.489 e. The fourth-order valence-electron chi connectivity index (χ4n) is 5.36. The number of benzene rings is 1. The van der Waals surface area contributed by atoms with Crippen molar-refractivity contribution >= 4 is 23.2 Å². The Morgan fingerprint density at radius 1 is 1.05 bits per heavy atom. The standard InChI is InChI=1S/C34H34Cl2N4O4/c1-4-31(36)25(13-22-9-6-5-7-10-22)21-44-28-15-23(14-26(35)17-28)29-16-24(30-19-38-34(43-3)39-32(30)42-2)20-40(33(29)41)27-11-8-12-37-18-27/h4,8,11-20,22H,5-7,9-10,21H2,1-3H3/b25-13-,31-4+. The Kier molecular flexibility index (Phi) is 10.4. The lowest BCUT2D eigenvalue weighted by molar-refractivity contribution is 0.351. The molecule has 0 N–H and O–H groups in total. The first kappa shape index (κ1) is 31.3. The van der Waals surface area contributed by atoms with Gasteiger partial charge in [-0.15, -0.1) is 0 Å². The molecule has 0 bridgehead atoms. The molecule has 1 aromatic carbocycles. The predicted octanol–water partition coefficient (Wildman–Crippen LogP) is 8.06. The van der Waals surface area contributed by atoms with E-state index >= 15 is 0 Å². The maximum atomic E-state index is 14.0. The third kappa shape index (κ3) is 7.31. The van der Waals surface area contributed by atoms with Crippen molar-refractivity contribution in [2.24, 2.45) is 5.92 Å². The van der Waals surface area contributed by atoms with E-state index in [4.69, 9.17) is 37.4 Å². The second-order valence-corrected chi connectivity index (χ2v) is 11.3. The molecule has 0 amide bonds. The van der Waals surface area contributed by atoms with Crippen molar-refractivity contribution in [3.05, 3.63) is 99.3 Å². The molecular formula is C34H34Cl2N4O4. The first-order valence-corrected chi connectivity index (χ1v) is 15.2. The highest BCUT2D eigenvalue weighted by Crippen LogP contribution is 2.34. The van der Waals surface area contributed by atoms with Gasteiger partial charge in [-0.3, -0.25) is 14.3 Å². The van der Waals surface area contributed by atoms with E-state index < -0.39 is 0 Å². The minimum absolute atomic E-state index is 0.165. The van der Waals surface area contributed by atoms with E-state index in [1.807, 2.05) is 19.1 Å². The van der Waals surface area contributed by atoms with E-state index in [0.717, 1.165) is 18.4 Å². The van der Waals surface area contributed by atoms with Gasteiger partial charge in [0, 0.05) is 45.3 Å². The van der Waals surface area contributed by atoms with Crippen LogP contribution in [0.3, 0.4) is 0 Å². The fraction of sp³-hybridized carbons (Fsp3) is 0.294. The molecule has 3 heterocycles. The van der Waals surface area contributed by atoms with Gasteiger partial charge in [0.25, 0.3) is 5.56 Å². The van der Waals surface area contributed by atoms with Gasteiger partial charge in [0.2, 0.25) is 5.88 Å². The second kappa shape index (κ2) is 14.6. The third-order valence-corrected chi connectivity index (χ3v) is 8.26. The molecule has 10 heteroatoms. The maximum Gasteiger partial charge on any atom is 0.319 e. The van der Waals surface area contributed by atoms with Gasteiger partial charge in [0.05, 0.1) is 31.7 Å². The van der Waals surface area contributed by atoms with Crippen LogP contribution in [0.15, 0.2) is 88.7 Å². The van der Waals surface area contributed by atoms with Crippen molar-refractivity contribution < 1.29 is 14.2 Å². The molecule has 5 rings (SSSR count). The van der Waals surface area contributed by atoms with E-state index in [2.05, 4.69) is 21.0 Å². The zero-order chi connectivity index (χ0) is 31.1. The quantitative estimate of drug-likeness (QED) is 0.163. The molecule has 1 aliphatic rings. The number of methoxy groups -OCH3 is 2. The number of hydrogen-bond donors (Lipinski definition) is 0. The van der Waals surface area contributed by atoms with Gasteiger partial charge in [-0.2, -0.15) is 4.98 Å². The van der Waals surface area contributed by atoms with Crippen molar-refractivity contribution in [3.8, 4) is 45.6 Å². The average Bonchev–Trinajstić information content (AvgIpc) is 3.06. The highest BCUT2D eigenvalue weighted by atomic mass is 35.5. The van der Waals surface area contributed by atoms with Crippen molar-refractivity contribution in [1.82, 2.24) is 19.5 Å². The van der Waals surface area contributed by atoms with Crippen molar-refractivity contribution in [1.29, 1.82) is 0 Å². The molecule has 1 saturated carbocycles. The summed E-state index contributed by atoms with van der Waals surface area (Å²) in [4.78, 5) is 26.8. The van der Waals surface area contributed by atoms with Crippen LogP contribution < -0.4 is 19.8 Å². The lowest BCUT2D eigenvalue weighted by Gasteiger charge is -2.20. The molecule has 0 saturated heterocycles. The van der Waals surface area contributed by atoms with Crippen LogP contribution in [0.5, 0.6) is 17.6 Å². The lowest BCUT2D eigenvalue weighted by atomic mass is 9.88. The number of halogens is 2. The Morgan fingerprint density at radius 3 is 2.57 bits per heavy atom. The minimum atomic E-state index is -0.266. The first-order valence-electron chi connectivity index (χ1n) is 14.5. The van der Waals surface area contributed by atoms with E-state index in [-0.39, 0.29) is 18.2 Å². The number of ether oxygens (including phenoxy) is 3. The second-order valence-electron chi connectivity index (χ2n) is 10.5. The molecule has 44 heavy (non-hydrogen) atoms. The van der Waals surface area contributed by atoms with Crippen LogP contribution in [0.1, 0.15) is 39.0 Å². The smallest absolute Gasteiger partial charge is 0.319 e. The van der Waals surface area contributed by atoms with E-state index in [9.17, 15) is 4.79 Å². The number of allylic oxidation sites excluding steroid dienone is 2. The maximum absolute atomic E-state index is 14.0. The molecule has 0 spiro atoms. The van der Waals surface area contributed by atoms with Gasteiger partial charge in [-0.1, -0.05) is 54.6 Å². The van der Waals surface area contributed by atoms with Gasteiger partial charge in [0.1, 0.15) is 12.4 Å². The van der Waals surface area contributed by atoms with Crippen molar-refractivity contribution in [2.45, 2.75) is 39.0 Å². The Labute approximate surface area is 267 Å². The Morgan fingerprint density at radius 2 is 1.86 bits per heavy atom. The molecule has 0 aliphatic heterocycles. The predicted molar refractivity (Wildman–Crippen MR) is 174 cm³/mol. The van der Waals surface area contributed by atoms with E-state index in [0.29, 0.717) is 55.5 Å². The number of rotatable bonds is 10. The zero-order valence-corrected chi connectivity index (χ0v) is 26.4. The van der Waals surface area contributed by atoms with Crippen LogP contribution in [-0.4, -0.2) is 40.3 Å². The Balaban J connectivity index is 1.57. The number of nitrogens with zero attached hydrogens (tertiary/aromatic N) is 4. The van der Waals surface area contributed by atoms with Gasteiger partial charge < -0.3 is 14.2 Å². The fourth-order valence-corrected chi connectivity index (χ4v) is 5.70. The summed E-state index contributed by atoms with van der Waals surface area (Å²) in [6.45, 7) is 2.19. The monoisotopic (exact) mass is 632 g/mol. The summed E-state index contributed by atoms with van der Waals surface area (Å²) in [7, 11) is 3.00. The lowest BCUT2D eigenvalue weighted by Crippen LogP contribution is -2.20. The van der Waals surface area contributed by atoms with Gasteiger partial charge in [0.15, 0.2) is 0 Å². The van der Waals surface area contributed by atoms with Gasteiger partial charge in [-0.05, 0) is 67.6 Å². The topological polar surface area (TPSA) is 88.4 Å². The Hall–Kier alpha value is -4.14. The molecule has 8 nitrogen and oxygen atoms in total. The number of hydrogen-bond acceptors (Lipinski definition) is 7. The summed E-state index contributed by atoms with van der Waals surface area (Å²) in [5.41, 5.74) is 3.45. The van der Waals surface area contributed by atoms with Gasteiger partial charge >= 0.3 is 6.01 Å². The van der Waals surface area contributed by atoms with Crippen molar-refractivity contribution in [2.75, 3.05) is 20.8 Å². The summed E-state index contributed by atoms with van der Waals surface area (Å²) >= 11 is 13.2. The van der Waals surface area contributed by atoms with Crippen LogP contribution in [-0.2, 0) is 0 Å². The van der Waals surface area contributed by atoms with Crippen LogP contribution in [0.25, 0.3) is 27.9 Å². The molecule has 4 aromatic rings. The van der Waals surface area contributed by atoms with Gasteiger partial charge in [-0.25, -0.2) is 4.98 Å². The molecule has 0 atom stereocenters. The van der Waals surface area contributed by atoms with Crippen LogP contribution in [0.2, 0.25) is 5.02 Å². The first-order chi connectivity index (χ1) is 21.4. The molecule has 1 fully saturated rings. The minimum Gasteiger partial charge on any atom is -0.489 e. The van der Waals surface area contributed by atoms with Crippen LogP contribution in [0.4, 0.5) is 0 Å². The summed E-state index contributed by atoms with van der Waals surface area (Å²) in [5, 5.41) is 1.09. The van der Waals surface area contributed by atoms with E-state index in [1.54, 1.807) is 55.1 Å². The summed E-state index contributed by atoms with van der Waals surface area (Å²) in [5.74, 6) is 1.30. The highest BCUT2D eigenvalue weighted by Gasteiger charge is 2.18. The summed E-state index contributed by atoms with van der Waals surface area (Å²) in [6, 6.07) is 10.8. The SMILES string of the molecule is C/C=C(Cl)\C(=C/C1CCCCC1)COc1cc(Cl)cc(-c2cc(-c3cnc(OC)nc3OC)cn(-c3cccnc3)c2=O)c1. The van der Waals surface area contributed by atoms with Crippen LogP contribution in [0, 0.1) is 5.92 Å². The molecule has 0 unspecified atom stereocenters.